The third-order valence-electron chi connectivity index (χ3n) is 4.99. The molecule has 28 heavy (non-hydrogen) atoms. The van der Waals surface area contributed by atoms with Crippen molar-refractivity contribution in [1.29, 1.82) is 5.26 Å². The van der Waals surface area contributed by atoms with Gasteiger partial charge in [-0.2, -0.15) is 5.26 Å². The number of carbonyl (C=O) groups excluding carboxylic acids is 1. The molecule has 1 aliphatic rings. The van der Waals surface area contributed by atoms with E-state index >= 15 is 0 Å². The summed E-state index contributed by atoms with van der Waals surface area (Å²) in [5, 5.41) is 12.9. The van der Waals surface area contributed by atoms with E-state index in [1.165, 1.54) is 6.20 Å². The molecule has 1 aliphatic carbocycles. The van der Waals surface area contributed by atoms with Crippen LogP contribution in [-0.2, 0) is 0 Å². The van der Waals surface area contributed by atoms with Gasteiger partial charge in [-0.25, -0.2) is 9.97 Å². The van der Waals surface area contributed by atoms with Gasteiger partial charge in [0.25, 0.3) is 5.91 Å². The van der Waals surface area contributed by atoms with Crippen LogP contribution >= 0.6 is 0 Å². The molecule has 1 fully saturated rings. The molecule has 6 nitrogen and oxygen atoms in total. The number of benzene rings is 1. The first-order valence-corrected chi connectivity index (χ1v) is 9.41. The monoisotopic (exact) mass is 372 g/mol. The Morgan fingerprint density at radius 2 is 1.89 bits per heavy atom. The molecule has 0 radical (unpaired) electrons. The molecular formula is C22H20N4O2. The number of amides is 1. The molecule has 1 amide bonds. The lowest BCUT2D eigenvalue weighted by atomic mass is 9.93. The van der Waals surface area contributed by atoms with Gasteiger partial charge in [0.1, 0.15) is 17.9 Å². The van der Waals surface area contributed by atoms with Crippen molar-refractivity contribution in [3.8, 4) is 11.9 Å². The molecule has 0 aliphatic heterocycles. The second-order valence-electron chi connectivity index (χ2n) is 6.95. The number of pyridine rings is 2. The third-order valence-corrected chi connectivity index (χ3v) is 4.99. The van der Waals surface area contributed by atoms with Gasteiger partial charge >= 0.3 is 0 Å². The molecule has 6 heteroatoms. The predicted octanol–water partition coefficient (Wildman–Crippen LogP) is 3.62. The van der Waals surface area contributed by atoms with Gasteiger partial charge in [-0.3, -0.25) is 4.79 Å². The number of hydrogen-bond acceptors (Lipinski definition) is 5. The van der Waals surface area contributed by atoms with Crippen molar-refractivity contribution in [2.45, 2.75) is 37.8 Å². The number of ether oxygens (including phenoxy) is 1. The molecule has 2 heterocycles. The summed E-state index contributed by atoms with van der Waals surface area (Å²) >= 11 is 0. The first-order chi connectivity index (χ1) is 13.7. The quantitative estimate of drug-likeness (QED) is 0.756. The maximum Gasteiger partial charge on any atom is 0.270 e. The van der Waals surface area contributed by atoms with Crippen LogP contribution in [0.15, 0.2) is 54.7 Å². The second kappa shape index (κ2) is 8.05. The zero-order chi connectivity index (χ0) is 19.3. The minimum absolute atomic E-state index is 0.0763. The molecule has 1 N–H and O–H groups in total. The summed E-state index contributed by atoms with van der Waals surface area (Å²) < 4.78 is 5.90. The van der Waals surface area contributed by atoms with E-state index in [1.54, 1.807) is 18.2 Å². The Hall–Kier alpha value is -3.46. The summed E-state index contributed by atoms with van der Waals surface area (Å²) in [5.41, 5.74) is 1.78. The normalized spacial score (nSPS) is 19.0. The first-order valence-electron chi connectivity index (χ1n) is 9.41. The van der Waals surface area contributed by atoms with Crippen LogP contribution in [0.4, 0.5) is 0 Å². The van der Waals surface area contributed by atoms with Crippen LogP contribution in [0.5, 0.6) is 5.88 Å². The Labute approximate surface area is 163 Å². The van der Waals surface area contributed by atoms with E-state index in [2.05, 4.69) is 15.3 Å². The van der Waals surface area contributed by atoms with E-state index in [0.717, 1.165) is 36.6 Å². The fourth-order valence-electron chi connectivity index (χ4n) is 3.46. The van der Waals surface area contributed by atoms with Crippen LogP contribution in [0.3, 0.4) is 0 Å². The fourth-order valence-corrected chi connectivity index (χ4v) is 3.46. The van der Waals surface area contributed by atoms with Crippen molar-refractivity contribution in [1.82, 2.24) is 15.3 Å². The summed E-state index contributed by atoms with van der Waals surface area (Å²) in [7, 11) is 0. The average molecular weight is 372 g/mol. The number of fused-ring (bicyclic) bond motifs is 1. The van der Waals surface area contributed by atoms with Crippen LogP contribution in [0.1, 0.15) is 41.7 Å². The van der Waals surface area contributed by atoms with E-state index in [1.807, 2.05) is 36.4 Å². The first kappa shape index (κ1) is 17.9. The van der Waals surface area contributed by atoms with E-state index in [0.29, 0.717) is 17.1 Å². The van der Waals surface area contributed by atoms with Crippen LogP contribution in [0.2, 0.25) is 0 Å². The van der Waals surface area contributed by atoms with Gasteiger partial charge in [0.2, 0.25) is 5.88 Å². The largest absolute Gasteiger partial charge is 0.474 e. The summed E-state index contributed by atoms with van der Waals surface area (Å²) in [4.78, 5) is 21.2. The minimum Gasteiger partial charge on any atom is -0.474 e. The van der Waals surface area contributed by atoms with Crippen molar-refractivity contribution in [3.63, 3.8) is 0 Å². The summed E-state index contributed by atoms with van der Waals surface area (Å²) in [6.45, 7) is 0. The summed E-state index contributed by atoms with van der Waals surface area (Å²) in [6.07, 6.45) is 4.97. The Balaban J connectivity index is 1.30. The molecule has 0 saturated heterocycles. The molecule has 4 rings (SSSR count). The van der Waals surface area contributed by atoms with E-state index in [-0.39, 0.29) is 18.1 Å². The van der Waals surface area contributed by atoms with Gasteiger partial charge in [0.05, 0.1) is 11.1 Å². The average Bonchev–Trinajstić information content (AvgIpc) is 2.75. The van der Waals surface area contributed by atoms with Gasteiger partial charge in [-0.15, -0.1) is 0 Å². The molecular weight excluding hydrogens is 352 g/mol. The van der Waals surface area contributed by atoms with E-state index in [9.17, 15) is 4.79 Å². The summed E-state index contributed by atoms with van der Waals surface area (Å²) in [6, 6.07) is 17.0. The minimum atomic E-state index is -0.135. The zero-order valence-electron chi connectivity index (χ0n) is 15.3. The molecule has 0 unspecified atom stereocenters. The highest BCUT2D eigenvalue weighted by Crippen LogP contribution is 2.23. The zero-order valence-corrected chi connectivity index (χ0v) is 15.3. The molecule has 3 aromatic rings. The molecule has 1 aromatic carbocycles. The number of para-hydroxylation sites is 1. The van der Waals surface area contributed by atoms with Gasteiger partial charge < -0.3 is 10.1 Å². The number of aromatic nitrogens is 2. The van der Waals surface area contributed by atoms with Crippen LogP contribution in [0.25, 0.3) is 10.9 Å². The third kappa shape index (κ3) is 4.09. The lowest BCUT2D eigenvalue weighted by Crippen LogP contribution is -2.40. The Morgan fingerprint density at radius 3 is 2.64 bits per heavy atom. The van der Waals surface area contributed by atoms with Crippen molar-refractivity contribution in [3.05, 3.63) is 66.0 Å². The van der Waals surface area contributed by atoms with Crippen molar-refractivity contribution < 1.29 is 9.53 Å². The fraction of sp³-hybridized carbons (Fsp3) is 0.273. The Bertz CT molecular complexity index is 1020. The highest BCUT2D eigenvalue weighted by atomic mass is 16.5. The lowest BCUT2D eigenvalue weighted by molar-refractivity contribution is 0.0885. The SMILES string of the molecule is N#Cc1ccc(OC2CCC(NC(=O)c3ccc4ccccc4n3)CC2)nc1. The van der Waals surface area contributed by atoms with Gasteiger partial charge in [0.15, 0.2) is 0 Å². The number of rotatable bonds is 4. The molecule has 1 saturated carbocycles. The highest BCUT2D eigenvalue weighted by molar-refractivity contribution is 5.95. The lowest BCUT2D eigenvalue weighted by Gasteiger charge is -2.29. The standard InChI is InChI=1S/C22H20N4O2/c23-13-15-5-12-21(24-14-15)28-18-9-7-17(8-10-18)25-22(27)20-11-6-16-3-1-2-4-19(16)26-20/h1-6,11-12,14,17-18H,7-10H2,(H,25,27). The van der Waals surface area contributed by atoms with Gasteiger partial charge in [-0.1, -0.05) is 24.3 Å². The number of carbonyl (C=O) groups is 1. The van der Waals surface area contributed by atoms with Gasteiger partial charge in [0, 0.05) is 23.7 Å². The smallest absolute Gasteiger partial charge is 0.270 e. The molecule has 0 atom stereocenters. The second-order valence-corrected chi connectivity index (χ2v) is 6.95. The Morgan fingerprint density at radius 1 is 1.07 bits per heavy atom. The predicted molar refractivity (Wildman–Crippen MR) is 105 cm³/mol. The van der Waals surface area contributed by atoms with Crippen LogP contribution in [-0.4, -0.2) is 28.0 Å². The van der Waals surface area contributed by atoms with Crippen molar-refractivity contribution in [2.24, 2.45) is 0 Å². The number of nitrogens with zero attached hydrogens (tertiary/aromatic N) is 3. The van der Waals surface area contributed by atoms with Crippen molar-refractivity contribution >= 4 is 16.8 Å². The topological polar surface area (TPSA) is 87.9 Å². The maximum atomic E-state index is 12.5. The Kier molecular flexibility index (Phi) is 5.16. The maximum absolute atomic E-state index is 12.5. The number of nitrogens with one attached hydrogen (secondary N) is 1. The molecule has 140 valence electrons. The molecule has 0 bridgehead atoms. The summed E-state index contributed by atoms with van der Waals surface area (Å²) in [5.74, 6) is 0.399. The van der Waals surface area contributed by atoms with Crippen LogP contribution < -0.4 is 10.1 Å². The van der Waals surface area contributed by atoms with E-state index < -0.39 is 0 Å². The number of nitriles is 1. The highest BCUT2D eigenvalue weighted by Gasteiger charge is 2.24. The molecule has 2 aromatic heterocycles. The van der Waals surface area contributed by atoms with Crippen molar-refractivity contribution in [2.75, 3.05) is 0 Å². The molecule has 0 spiro atoms. The van der Waals surface area contributed by atoms with Gasteiger partial charge in [-0.05, 0) is 43.9 Å². The van der Waals surface area contributed by atoms with Crippen LogP contribution in [0, 0.1) is 11.3 Å². The number of hydrogen-bond donors (Lipinski definition) is 1. The van der Waals surface area contributed by atoms with E-state index in [4.69, 9.17) is 10.00 Å².